The first-order valence-corrected chi connectivity index (χ1v) is 8.83. The smallest absolute Gasteiger partial charge is 0.115 e. The fourth-order valence-corrected chi connectivity index (χ4v) is 6.51. The van der Waals surface area contributed by atoms with Gasteiger partial charge in [-0.15, -0.1) is 0 Å². The summed E-state index contributed by atoms with van der Waals surface area (Å²) < 4.78 is 0. The van der Waals surface area contributed by atoms with E-state index < -0.39 is 0 Å². The van der Waals surface area contributed by atoms with Gasteiger partial charge in [0.2, 0.25) is 0 Å². The summed E-state index contributed by atoms with van der Waals surface area (Å²) in [5.41, 5.74) is 3.14. The summed E-state index contributed by atoms with van der Waals surface area (Å²) in [6.45, 7) is 7.06. The SMILES string of the molecule is CC1(C)CC(O)[C@@]2(C)CC[C@@H]3c4ccc(O)cc4CC[C@H]3[C@H]12. The molecule has 0 heterocycles. The quantitative estimate of drug-likeness (QED) is 0.752. The molecule has 0 radical (unpaired) electrons. The third kappa shape index (κ3) is 1.83. The highest BCUT2D eigenvalue weighted by molar-refractivity contribution is 5.40. The summed E-state index contributed by atoms with van der Waals surface area (Å²) in [5.74, 6) is 2.31. The fourth-order valence-electron chi connectivity index (χ4n) is 6.51. The lowest BCUT2D eigenvalue weighted by Gasteiger charge is -2.53. The maximum atomic E-state index is 10.7. The van der Waals surface area contributed by atoms with E-state index in [1.165, 1.54) is 24.0 Å². The Hall–Kier alpha value is -1.02. The van der Waals surface area contributed by atoms with E-state index in [1.54, 1.807) is 0 Å². The molecule has 0 spiro atoms. The van der Waals surface area contributed by atoms with Gasteiger partial charge in [-0.3, -0.25) is 0 Å². The lowest BCUT2D eigenvalue weighted by Crippen LogP contribution is -2.46. The standard InChI is InChI=1S/C20H28O2/c1-19(2)11-17(22)20(3)9-8-15-14-7-5-13(21)10-12(14)4-6-16(15)18(19)20/h5,7,10,15-18,21-22H,4,6,8-9,11H2,1-3H3/t15-,16-,17?,18-,20-/m1/s1. The highest BCUT2D eigenvalue weighted by atomic mass is 16.3. The molecule has 2 nitrogen and oxygen atoms in total. The van der Waals surface area contributed by atoms with Crippen LogP contribution in [0.25, 0.3) is 0 Å². The minimum atomic E-state index is -0.144. The minimum absolute atomic E-state index is 0.0963. The third-order valence-electron chi connectivity index (χ3n) is 7.25. The molecule has 3 aliphatic carbocycles. The largest absolute Gasteiger partial charge is 0.508 e. The van der Waals surface area contributed by atoms with Crippen LogP contribution >= 0.6 is 0 Å². The molecular weight excluding hydrogens is 272 g/mol. The Bertz CT molecular complexity index is 606. The van der Waals surface area contributed by atoms with Crippen molar-refractivity contribution in [1.82, 2.24) is 0 Å². The first kappa shape index (κ1) is 14.6. The van der Waals surface area contributed by atoms with E-state index >= 15 is 0 Å². The minimum Gasteiger partial charge on any atom is -0.508 e. The molecule has 22 heavy (non-hydrogen) atoms. The van der Waals surface area contributed by atoms with Crippen molar-refractivity contribution >= 4 is 0 Å². The normalized spacial score (nSPS) is 42.4. The molecule has 1 aromatic carbocycles. The predicted octanol–water partition coefficient (Wildman–Crippen LogP) is 4.25. The van der Waals surface area contributed by atoms with Crippen molar-refractivity contribution in [2.45, 2.75) is 64.9 Å². The van der Waals surface area contributed by atoms with Gasteiger partial charge in [0.05, 0.1) is 6.10 Å². The molecule has 120 valence electrons. The summed E-state index contributed by atoms with van der Waals surface area (Å²) in [7, 11) is 0. The van der Waals surface area contributed by atoms with E-state index in [0.717, 1.165) is 19.3 Å². The van der Waals surface area contributed by atoms with Crippen LogP contribution in [0, 0.1) is 22.7 Å². The number of phenolic OH excluding ortho intramolecular Hbond substituents is 1. The Morgan fingerprint density at radius 1 is 1.14 bits per heavy atom. The van der Waals surface area contributed by atoms with E-state index in [2.05, 4.69) is 26.8 Å². The van der Waals surface area contributed by atoms with Crippen LogP contribution in [0.4, 0.5) is 0 Å². The van der Waals surface area contributed by atoms with E-state index in [0.29, 0.717) is 23.5 Å². The molecule has 1 aromatic rings. The second kappa shape index (κ2) is 4.50. The molecular formula is C20H28O2. The number of aliphatic hydroxyl groups excluding tert-OH is 1. The van der Waals surface area contributed by atoms with Gasteiger partial charge in [-0.1, -0.05) is 26.8 Å². The Kier molecular flexibility index (Phi) is 2.98. The van der Waals surface area contributed by atoms with Gasteiger partial charge in [-0.2, -0.15) is 0 Å². The number of aryl methyl sites for hydroxylation is 1. The van der Waals surface area contributed by atoms with Crippen molar-refractivity contribution in [1.29, 1.82) is 0 Å². The van der Waals surface area contributed by atoms with Gasteiger partial charge < -0.3 is 10.2 Å². The number of aliphatic hydroxyl groups is 1. The molecule has 2 N–H and O–H groups in total. The Labute approximate surface area is 133 Å². The lowest BCUT2D eigenvalue weighted by atomic mass is 9.52. The van der Waals surface area contributed by atoms with Crippen LogP contribution in [0.2, 0.25) is 0 Å². The number of fused-ring (bicyclic) bond motifs is 5. The van der Waals surface area contributed by atoms with Crippen LogP contribution < -0.4 is 0 Å². The number of rotatable bonds is 0. The first-order chi connectivity index (χ1) is 10.3. The van der Waals surface area contributed by atoms with Crippen LogP contribution in [0.3, 0.4) is 0 Å². The predicted molar refractivity (Wildman–Crippen MR) is 87.9 cm³/mol. The van der Waals surface area contributed by atoms with E-state index in [1.807, 2.05) is 12.1 Å². The van der Waals surface area contributed by atoms with Gasteiger partial charge in [0.25, 0.3) is 0 Å². The zero-order valence-electron chi connectivity index (χ0n) is 14.0. The molecule has 2 saturated carbocycles. The maximum absolute atomic E-state index is 10.7. The van der Waals surface area contributed by atoms with Crippen molar-refractivity contribution in [3.8, 4) is 5.75 Å². The number of aromatic hydroxyl groups is 1. The van der Waals surface area contributed by atoms with Gasteiger partial charge in [0.1, 0.15) is 5.75 Å². The second-order valence-electron chi connectivity index (χ2n) is 8.92. The number of hydrogen-bond donors (Lipinski definition) is 2. The number of hydrogen-bond acceptors (Lipinski definition) is 2. The van der Waals surface area contributed by atoms with E-state index in [-0.39, 0.29) is 16.9 Å². The zero-order valence-corrected chi connectivity index (χ0v) is 14.0. The molecule has 4 rings (SSSR count). The molecule has 0 bridgehead atoms. The van der Waals surface area contributed by atoms with Crippen LogP contribution in [-0.2, 0) is 6.42 Å². The van der Waals surface area contributed by atoms with Crippen molar-refractivity contribution in [3.63, 3.8) is 0 Å². The van der Waals surface area contributed by atoms with Crippen LogP contribution in [0.15, 0.2) is 18.2 Å². The molecule has 0 aliphatic heterocycles. The molecule has 2 heteroatoms. The Morgan fingerprint density at radius 2 is 1.91 bits per heavy atom. The summed E-state index contributed by atoms with van der Waals surface area (Å²) in [4.78, 5) is 0. The van der Waals surface area contributed by atoms with Gasteiger partial charge in [0, 0.05) is 0 Å². The summed E-state index contributed by atoms with van der Waals surface area (Å²) in [5, 5.41) is 20.5. The zero-order chi connectivity index (χ0) is 15.7. The van der Waals surface area contributed by atoms with Crippen molar-refractivity contribution in [2.24, 2.45) is 22.7 Å². The monoisotopic (exact) mass is 300 g/mol. The highest BCUT2D eigenvalue weighted by Gasteiger charge is 2.61. The Balaban J connectivity index is 1.76. The van der Waals surface area contributed by atoms with Crippen molar-refractivity contribution in [3.05, 3.63) is 29.3 Å². The fraction of sp³-hybridized carbons (Fsp3) is 0.700. The first-order valence-electron chi connectivity index (χ1n) is 8.83. The summed E-state index contributed by atoms with van der Waals surface area (Å²) >= 11 is 0. The van der Waals surface area contributed by atoms with Gasteiger partial charge in [-0.25, -0.2) is 0 Å². The van der Waals surface area contributed by atoms with E-state index in [9.17, 15) is 10.2 Å². The third-order valence-corrected chi connectivity index (χ3v) is 7.25. The number of benzene rings is 1. The molecule has 2 fully saturated rings. The molecule has 0 amide bonds. The maximum Gasteiger partial charge on any atom is 0.115 e. The Morgan fingerprint density at radius 3 is 2.68 bits per heavy atom. The van der Waals surface area contributed by atoms with Crippen molar-refractivity contribution in [2.75, 3.05) is 0 Å². The van der Waals surface area contributed by atoms with Gasteiger partial charge in [-0.05, 0) is 83.9 Å². The molecule has 3 aliphatic rings. The lowest BCUT2D eigenvalue weighted by molar-refractivity contribution is -0.0404. The molecule has 0 saturated heterocycles. The average molecular weight is 300 g/mol. The van der Waals surface area contributed by atoms with Crippen LogP contribution in [-0.4, -0.2) is 16.3 Å². The van der Waals surface area contributed by atoms with Crippen LogP contribution in [0.1, 0.15) is 63.5 Å². The second-order valence-corrected chi connectivity index (χ2v) is 8.92. The van der Waals surface area contributed by atoms with E-state index in [4.69, 9.17) is 0 Å². The van der Waals surface area contributed by atoms with Crippen molar-refractivity contribution < 1.29 is 10.2 Å². The van der Waals surface area contributed by atoms with Gasteiger partial charge >= 0.3 is 0 Å². The summed E-state index contributed by atoms with van der Waals surface area (Å²) in [6, 6.07) is 5.97. The number of phenols is 1. The molecule has 5 atom stereocenters. The topological polar surface area (TPSA) is 40.5 Å². The molecule has 1 unspecified atom stereocenters. The molecule has 0 aromatic heterocycles. The van der Waals surface area contributed by atoms with Gasteiger partial charge in [0.15, 0.2) is 0 Å². The highest BCUT2D eigenvalue weighted by Crippen LogP contribution is 2.66. The summed E-state index contributed by atoms with van der Waals surface area (Å²) in [6.07, 6.45) is 5.39. The average Bonchev–Trinajstić information content (AvgIpc) is 2.63. The van der Waals surface area contributed by atoms with Crippen LogP contribution in [0.5, 0.6) is 5.75 Å².